The Bertz CT molecular complexity index is 1760. The second-order valence-corrected chi connectivity index (χ2v) is 16.2. The number of hydrogen-bond acceptors (Lipinski definition) is 13. The third kappa shape index (κ3) is 5.85. The molecular weight excluding hydrogens is 630 g/mol. The number of piperazine rings is 1. The zero-order valence-electron chi connectivity index (χ0n) is 28.7. The number of nitriles is 1. The molecule has 2 saturated heterocycles. The average molecular weight is 676 g/mol. The number of carbonyl (C=O) groups is 1. The van der Waals surface area contributed by atoms with Gasteiger partial charge in [-0.2, -0.15) is 15.2 Å². The van der Waals surface area contributed by atoms with Gasteiger partial charge in [-0.3, -0.25) is 9.80 Å². The van der Waals surface area contributed by atoms with E-state index in [1.54, 1.807) is 0 Å². The van der Waals surface area contributed by atoms with Gasteiger partial charge in [0.2, 0.25) is 23.4 Å². The van der Waals surface area contributed by atoms with Crippen molar-refractivity contribution in [3.8, 4) is 23.6 Å². The van der Waals surface area contributed by atoms with Crippen molar-refractivity contribution < 1.29 is 18.8 Å². The lowest BCUT2D eigenvalue weighted by molar-refractivity contribution is 0.0106. The highest BCUT2D eigenvalue weighted by Gasteiger charge is 2.54. The van der Waals surface area contributed by atoms with Gasteiger partial charge < -0.3 is 24.6 Å². The van der Waals surface area contributed by atoms with Gasteiger partial charge in [0.05, 0.1) is 16.5 Å². The Morgan fingerprint density at radius 2 is 1.96 bits per heavy atom. The highest BCUT2D eigenvalue weighted by molar-refractivity contribution is 7.16. The Hall–Kier alpha value is -3.96. The largest absolute Gasteiger partial charge is 0.473 e. The Kier molecular flexibility index (Phi) is 8.06. The predicted octanol–water partition coefficient (Wildman–Crippen LogP) is 5.14. The molecule has 14 heteroatoms. The summed E-state index contributed by atoms with van der Waals surface area (Å²) in [5, 5.41) is 14.9. The molecule has 3 aromatic rings. The van der Waals surface area contributed by atoms with Crippen LogP contribution >= 0.6 is 11.3 Å². The molecule has 1 spiro atoms. The maximum absolute atomic E-state index is 13.1. The number of rotatable bonds is 6. The minimum Gasteiger partial charge on any atom is -0.473 e. The molecule has 0 radical (unpaired) electrons. The number of nitrogens with zero attached hydrogens (tertiary/aromatic N) is 8. The SMILES string of the molecule is C[C@H](Oc1cc(N2CCN(C(=O)OC(C)(C)C)C3(CC3)C2)nc(-c2noc([C@@]3(C)CCCc4sc(N)c(C#N)c43)n2)n1)[C@@H]1CCCN1C. The Morgan fingerprint density at radius 3 is 2.65 bits per heavy atom. The number of likely N-dealkylation sites (N-methyl/N-ethyl adjacent to an activating group) is 1. The molecule has 2 aliphatic heterocycles. The number of thiophene rings is 1. The van der Waals surface area contributed by atoms with Crippen molar-refractivity contribution in [2.24, 2.45) is 0 Å². The molecule has 7 rings (SSSR count). The molecular formula is C34H45N9O4S. The van der Waals surface area contributed by atoms with Crippen molar-refractivity contribution in [1.29, 1.82) is 5.26 Å². The minimum absolute atomic E-state index is 0.0965. The number of aryl methyl sites for hydroxylation is 1. The van der Waals surface area contributed by atoms with Gasteiger partial charge in [0.15, 0.2) is 0 Å². The van der Waals surface area contributed by atoms with Crippen LogP contribution in [0.5, 0.6) is 5.88 Å². The lowest BCUT2D eigenvalue weighted by atomic mass is 9.72. The molecule has 1 saturated carbocycles. The van der Waals surface area contributed by atoms with Crippen LogP contribution in [-0.2, 0) is 16.6 Å². The summed E-state index contributed by atoms with van der Waals surface area (Å²) in [6, 6.07) is 4.48. The number of anilines is 2. The Morgan fingerprint density at radius 1 is 1.17 bits per heavy atom. The lowest BCUT2D eigenvalue weighted by Crippen LogP contribution is -2.58. The van der Waals surface area contributed by atoms with E-state index < -0.39 is 11.0 Å². The maximum atomic E-state index is 13.1. The number of ether oxygens (including phenoxy) is 2. The number of nitrogen functional groups attached to an aromatic ring is 1. The number of carbonyl (C=O) groups excluding carboxylic acids is 1. The average Bonchev–Trinajstić information content (AvgIpc) is 3.37. The van der Waals surface area contributed by atoms with Gasteiger partial charge in [-0.15, -0.1) is 11.3 Å². The van der Waals surface area contributed by atoms with Gasteiger partial charge in [0.25, 0.3) is 0 Å². The van der Waals surface area contributed by atoms with Crippen molar-refractivity contribution in [1.82, 2.24) is 29.9 Å². The molecule has 0 aromatic carbocycles. The van der Waals surface area contributed by atoms with Crippen molar-refractivity contribution >= 4 is 28.2 Å². The number of aromatic nitrogens is 4. The summed E-state index contributed by atoms with van der Waals surface area (Å²) in [6.45, 7) is 12.6. The number of amides is 1. The summed E-state index contributed by atoms with van der Waals surface area (Å²) >= 11 is 1.47. The summed E-state index contributed by atoms with van der Waals surface area (Å²) in [5.74, 6) is 2.09. The van der Waals surface area contributed by atoms with Crippen molar-refractivity contribution in [3.05, 3.63) is 28.0 Å². The summed E-state index contributed by atoms with van der Waals surface area (Å²) in [4.78, 5) is 35.3. The molecule has 0 bridgehead atoms. The fourth-order valence-electron chi connectivity index (χ4n) is 7.73. The third-order valence-corrected chi connectivity index (χ3v) is 11.5. The Labute approximate surface area is 285 Å². The van der Waals surface area contributed by atoms with Crippen molar-refractivity contribution in [3.63, 3.8) is 0 Å². The molecule has 5 heterocycles. The first-order chi connectivity index (χ1) is 22.8. The number of nitrogens with two attached hydrogens (primary N) is 1. The van der Waals surface area contributed by atoms with Crippen LogP contribution in [0.2, 0.25) is 0 Å². The quantitative estimate of drug-likeness (QED) is 0.367. The zero-order chi connectivity index (χ0) is 34.0. The fraction of sp³-hybridized carbons (Fsp3) is 0.647. The van der Waals surface area contributed by atoms with Gasteiger partial charge in [-0.05, 0) is 93.2 Å². The van der Waals surface area contributed by atoms with Crippen LogP contribution < -0.4 is 15.4 Å². The topological polar surface area (TPSA) is 160 Å². The summed E-state index contributed by atoms with van der Waals surface area (Å²) < 4.78 is 18.2. The predicted molar refractivity (Wildman–Crippen MR) is 181 cm³/mol. The van der Waals surface area contributed by atoms with E-state index in [0.717, 1.165) is 61.9 Å². The highest BCUT2D eigenvalue weighted by atomic mass is 32.1. The smallest absolute Gasteiger partial charge is 0.410 e. The maximum Gasteiger partial charge on any atom is 0.410 e. The second kappa shape index (κ2) is 11.9. The van der Waals surface area contributed by atoms with Gasteiger partial charge in [-0.25, -0.2) is 9.78 Å². The molecule has 3 fully saturated rings. The van der Waals surface area contributed by atoms with E-state index in [1.807, 2.05) is 38.7 Å². The standard InChI is InChI=1S/C34H45N9O4S/c1-20(22-9-8-14-41(22)6)45-25-17-24(42-15-16-43(34(19-42)12-13-34)31(44)46-32(2,3)4)37-28(38-25)29-39-30(47-40-29)33(5)11-7-10-23-26(33)21(18-35)27(36)48-23/h17,20,22H,7-16,19,36H2,1-6H3/t20-,22-,33-/m0/s1. The van der Waals surface area contributed by atoms with E-state index in [2.05, 4.69) is 35.0 Å². The minimum atomic E-state index is -0.660. The van der Waals surface area contributed by atoms with Gasteiger partial charge in [-0.1, -0.05) is 5.16 Å². The first-order valence-corrected chi connectivity index (χ1v) is 17.8. The van der Waals surface area contributed by atoms with Crippen molar-refractivity contribution in [2.75, 3.05) is 43.9 Å². The monoisotopic (exact) mass is 675 g/mol. The van der Waals surface area contributed by atoms with E-state index in [4.69, 9.17) is 34.7 Å². The van der Waals surface area contributed by atoms with Crippen LogP contribution in [0.15, 0.2) is 10.6 Å². The van der Waals surface area contributed by atoms with Gasteiger partial charge in [0, 0.05) is 42.2 Å². The van der Waals surface area contributed by atoms with Crippen LogP contribution in [0.25, 0.3) is 11.6 Å². The Balaban J connectivity index is 1.22. The van der Waals surface area contributed by atoms with E-state index >= 15 is 0 Å². The molecule has 3 atom stereocenters. The zero-order valence-corrected chi connectivity index (χ0v) is 29.5. The van der Waals surface area contributed by atoms with Crippen LogP contribution in [0, 0.1) is 11.3 Å². The third-order valence-electron chi connectivity index (χ3n) is 10.4. The molecule has 3 aromatic heterocycles. The number of hydrogen-bond donors (Lipinski definition) is 1. The molecule has 2 aliphatic carbocycles. The van der Waals surface area contributed by atoms with Gasteiger partial charge >= 0.3 is 6.09 Å². The van der Waals surface area contributed by atoms with E-state index in [1.165, 1.54) is 11.3 Å². The molecule has 13 nitrogen and oxygen atoms in total. The van der Waals surface area contributed by atoms with Crippen LogP contribution in [0.3, 0.4) is 0 Å². The molecule has 2 N–H and O–H groups in total. The first kappa shape index (κ1) is 32.6. The van der Waals surface area contributed by atoms with Crippen LogP contribution in [0.4, 0.5) is 15.6 Å². The van der Waals surface area contributed by atoms with Crippen molar-refractivity contribution in [2.45, 2.75) is 108 Å². The van der Waals surface area contributed by atoms with E-state index in [0.29, 0.717) is 53.6 Å². The normalized spacial score (nSPS) is 24.3. The second-order valence-electron chi connectivity index (χ2n) is 15.0. The van der Waals surface area contributed by atoms with Crippen LogP contribution in [0.1, 0.15) is 95.0 Å². The molecule has 4 aliphatic rings. The van der Waals surface area contributed by atoms with Crippen LogP contribution in [-0.4, -0.2) is 92.5 Å². The van der Waals surface area contributed by atoms with Gasteiger partial charge in [0.1, 0.15) is 28.6 Å². The first-order valence-electron chi connectivity index (χ1n) is 17.0. The molecule has 1 amide bonds. The highest BCUT2D eigenvalue weighted by Crippen LogP contribution is 2.49. The number of likely N-dealkylation sites (tertiary alicyclic amines) is 1. The molecule has 48 heavy (non-hydrogen) atoms. The summed E-state index contributed by atoms with van der Waals surface area (Å²) in [5.41, 5.74) is 6.13. The number of fused-ring (bicyclic) bond motifs is 1. The van der Waals surface area contributed by atoms with E-state index in [9.17, 15) is 10.1 Å². The van der Waals surface area contributed by atoms with E-state index in [-0.39, 0.29) is 29.6 Å². The lowest BCUT2D eigenvalue weighted by Gasteiger charge is -2.42. The summed E-state index contributed by atoms with van der Waals surface area (Å²) in [7, 11) is 2.13. The fourth-order valence-corrected chi connectivity index (χ4v) is 8.92. The molecule has 256 valence electrons. The summed E-state index contributed by atoms with van der Waals surface area (Å²) in [6.07, 6.45) is 6.17. The molecule has 0 unspecified atom stereocenters.